The van der Waals surface area contributed by atoms with Crippen molar-refractivity contribution in [1.29, 1.82) is 0 Å². The van der Waals surface area contributed by atoms with Gasteiger partial charge in [-0.1, -0.05) is 24.3 Å². The van der Waals surface area contributed by atoms with Gasteiger partial charge in [0.15, 0.2) is 49.6 Å². The summed E-state index contributed by atoms with van der Waals surface area (Å²) in [6.45, 7) is 0. The highest BCUT2D eigenvalue weighted by Crippen LogP contribution is 2.04. The normalized spacial score (nSPS) is 11.0. The Morgan fingerprint density at radius 2 is 0.556 bits per heavy atom. The molecular formula is C22H22N4O+4. The quantitative estimate of drug-likeness (QED) is 0.480. The van der Waals surface area contributed by atoms with E-state index < -0.39 is 0 Å². The molecule has 5 heteroatoms. The zero-order valence-corrected chi connectivity index (χ0v) is 14.9. The molecule has 0 unspecified atom stereocenters. The Labute approximate surface area is 158 Å². The van der Waals surface area contributed by atoms with Crippen molar-refractivity contribution in [1.82, 2.24) is 0 Å². The molecule has 0 aliphatic heterocycles. The molecule has 0 amide bonds. The van der Waals surface area contributed by atoms with Crippen LogP contribution in [0.3, 0.4) is 0 Å². The third-order valence-electron chi connectivity index (χ3n) is 4.22. The van der Waals surface area contributed by atoms with Gasteiger partial charge >= 0.3 is 12.7 Å². The van der Waals surface area contributed by atoms with Gasteiger partial charge in [-0.15, -0.1) is 23.0 Å². The number of hydrogen-bond donors (Lipinski definition) is 0. The zero-order valence-electron chi connectivity index (χ0n) is 14.9. The summed E-state index contributed by atoms with van der Waals surface area (Å²) in [6, 6.07) is 24.0. The minimum absolute atomic E-state index is 0.349. The SMILES string of the molecule is c1cc[n+](C(OC([n+]2ccccc2)[n+]2ccccc2)[n+]2ccccc2)cc1. The molecule has 0 aliphatic carbocycles. The van der Waals surface area contributed by atoms with Gasteiger partial charge in [0.05, 0.1) is 0 Å². The van der Waals surface area contributed by atoms with Crippen LogP contribution in [0.15, 0.2) is 122 Å². The van der Waals surface area contributed by atoms with Crippen molar-refractivity contribution >= 4 is 0 Å². The van der Waals surface area contributed by atoms with Crippen molar-refractivity contribution in [2.45, 2.75) is 12.7 Å². The van der Waals surface area contributed by atoms with Gasteiger partial charge in [-0.25, -0.2) is 0 Å². The molecule has 5 nitrogen and oxygen atoms in total. The van der Waals surface area contributed by atoms with Crippen LogP contribution < -0.4 is 18.3 Å². The molecule has 4 heterocycles. The first-order chi connectivity index (χ1) is 13.4. The molecule has 0 radical (unpaired) electrons. The van der Waals surface area contributed by atoms with Gasteiger partial charge in [0.2, 0.25) is 0 Å². The van der Waals surface area contributed by atoms with E-state index >= 15 is 0 Å². The van der Waals surface area contributed by atoms with Crippen molar-refractivity contribution < 1.29 is 23.0 Å². The van der Waals surface area contributed by atoms with E-state index in [2.05, 4.69) is 0 Å². The maximum Gasteiger partial charge on any atom is 0.484 e. The predicted octanol–water partition coefficient (Wildman–Crippen LogP) is 1.56. The molecule has 4 rings (SSSR count). The fourth-order valence-corrected chi connectivity index (χ4v) is 2.93. The molecule has 0 aromatic carbocycles. The molecule has 4 aromatic rings. The van der Waals surface area contributed by atoms with E-state index in [4.69, 9.17) is 4.74 Å². The van der Waals surface area contributed by atoms with Gasteiger partial charge in [0.25, 0.3) is 0 Å². The van der Waals surface area contributed by atoms with Crippen LogP contribution in [0, 0.1) is 0 Å². The summed E-state index contributed by atoms with van der Waals surface area (Å²) in [5.74, 6) is 0. The summed E-state index contributed by atoms with van der Waals surface area (Å²) in [5.41, 5.74) is 0. The summed E-state index contributed by atoms with van der Waals surface area (Å²) in [5, 5.41) is 0. The summed E-state index contributed by atoms with van der Waals surface area (Å²) < 4.78 is 14.8. The lowest BCUT2D eigenvalue weighted by Crippen LogP contribution is -2.65. The molecule has 27 heavy (non-hydrogen) atoms. The van der Waals surface area contributed by atoms with Crippen LogP contribution in [-0.4, -0.2) is 0 Å². The molecule has 4 aromatic heterocycles. The first kappa shape index (κ1) is 17.0. The Hall–Kier alpha value is -3.44. The maximum absolute atomic E-state index is 6.65. The molecule has 0 saturated carbocycles. The maximum atomic E-state index is 6.65. The van der Waals surface area contributed by atoms with Gasteiger partial charge in [-0.05, 0) is 0 Å². The molecule has 0 bridgehead atoms. The number of aromatic nitrogens is 4. The van der Waals surface area contributed by atoms with Crippen molar-refractivity contribution in [3.63, 3.8) is 0 Å². The van der Waals surface area contributed by atoms with Crippen molar-refractivity contribution in [3.05, 3.63) is 122 Å². The van der Waals surface area contributed by atoms with Gasteiger partial charge < -0.3 is 0 Å². The molecule has 0 atom stereocenters. The molecule has 132 valence electrons. The largest absolute Gasteiger partial charge is 0.484 e. The molecular weight excluding hydrogens is 336 g/mol. The zero-order chi connectivity index (χ0) is 18.3. The van der Waals surface area contributed by atoms with E-state index in [1.807, 2.05) is 141 Å². The predicted molar refractivity (Wildman–Crippen MR) is 96.5 cm³/mol. The van der Waals surface area contributed by atoms with Gasteiger partial charge in [0, 0.05) is 48.5 Å². The fourth-order valence-electron chi connectivity index (χ4n) is 2.93. The highest BCUT2D eigenvalue weighted by molar-refractivity contribution is 4.86. The number of nitrogens with zero attached hydrogens (tertiary/aromatic N) is 4. The molecule has 0 fully saturated rings. The summed E-state index contributed by atoms with van der Waals surface area (Å²) >= 11 is 0. The average molecular weight is 358 g/mol. The number of rotatable bonds is 6. The standard InChI is InChI=1S/C22H22N4O/c1-5-13-23(14-6-1)21(24-15-7-2-8-16-24)27-22(25-17-9-3-10-18-25)26-19-11-4-12-20-26/h1-22H/q+4. The van der Waals surface area contributed by atoms with E-state index in [0.717, 1.165) is 0 Å². The lowest BCUT2D eigenvalue weighted by atomic mass is 10.4. The number of pyridine rings is 4. The Morgan fingerprint density at radius 3 is 0.778 bits per heavy atom. The van der Waals surface area contributed by atoms with Crippen molar-refractivity contribution in [2.24, 2.45) is 0 Å². The first-order valence-corrected chi connectivity index (χ1v) is 8.90. The minimum Gasteiger partial charge on any atom is -0.136 e. The van der Waals surface area contributed by atoms with Gasteiger partial charge in [0.1, 0.15) is 0 Å². The summed E-state index contributed by atoms with van der Waals surface area (Å²) in [6.07, 6.45) is 15.4. The Balaban J connectivity index is 1.77. The first-order valence-electron chi connectivity index (χ1n) is 8.90. The Morgan fingerprint density at radius 1 is 0.333 bits per heavy atom. The molecule has 0 spiro atoms. The van der Waals surface area contributed by atoms with Crippen LogP contribution in [0.5, 0.6) is 0 Å². The number of hydrogen-bond acceptors (Lipinski definition) is 1. The second kappa shape index (κ2) is 8.29. The van der Waals surface area contributed by atoms with Gasteiger partial charge in [-0.3, -0.25) is 0 Å². The summed E-state index contributed by atoms with van der Waals surface area (Å²) in [7, 11) is 0. The third kappa shape index (κ3) is 4.04. The molecule has 0 saturated heterocycles. The molecule has 0 N–H and O–H groups in total. The lowest BCUT2D eigenvalue weighted by molar-refractivity contribution is -1.05. The summed E-state index contributed by atoms with van der Waals surface area (Å²) in [4.78, 5) is 0. The Bertz CT molecular complexity index is 790. The van der Waals surface area contributed by atoms with Gasteiger partial charge in [-0.2, -0.15) is 0 Å². The lowest BCUT2D eigenvalue weighted by Gasteiger charge is -2.11. The van der Waals surface area contributed by atoms with Crippen molar-refractivity contribution in [2.75, 3.05) is 0 Å². The van der Waals surface area contributed by atoms with E-state index in [1.165, 1.54) is 0 Å². The van der Waals surface area contributed by atoms with E-state index in [1.54, 1.807) is 0 Å². The van der Waals surface area contributed by atoms with E-state index in [-0.39, 0.29) is 12.7 Å². The average Bonchev–Trinajstić information content (AvgIpc) is 2.77. The van der Waals surface area contributed by atoms with E-state index in [0.29, 0.717) is 0 Å². The highest BCUT2D eigenvalue weighted by Gasteiger charge is 2.40. The molecule has 0 aliphatic rings. The third-order valence-corrected chi connectivity index (χ3v) is 4.22. The van der Waals surface area contributed by atoms with Crippen LogP contribution in [-0.2, 0) is 4.74 Å². The second-order valence-corrected chi connectivity index (χ2v) is 6.08. The Kier molecular flexibility index (Phi) is 5.22. The second-order valence-electron chi connectivity index (χ2n) is 6.08. The van der Waals surface area contributed by atoms with Crippen LogP contribution in [0.4, 0.5) is 0 Å². The van der Waals surface area contributed by atoms with E-state index in [9.17, 15) is 0 Å². The van der Waals surface area contributed by atoms with Crippen LogP contribution >= 0.6 is 0 Å². The van der Waals surface area contributed by atoms with Crippen LogP contribution in [0.25, 0.3) is 0 Å². The van der Waals surface area contributed by atoms with Crippen LogP contribution in [0.2, 0.25) is 0 Å². The van der Waals surface area contributed by atoms with Crippen LogP contribution in [0.1, 0.15) is 12.7 Å². The minimum atomic E-state index is -0.349. The van der Waals surface area contributed by atoms with Crippen molar-refractivity contribution in [3.8, 4) is 0 Å². The fraction of sp³-hybridized carbons (Fsp3) is 0.0909. The smallest absolute Gasteiger partial charge is 0.136 e. The highest BCUT2D eigenvalue weighted by atomic mass is 16.6. The monoisotopic (exact) mass is 358 g/mol. The number of ether oxygens (including phenoxy) is 1. The topological polar surface area (TPSA) is 24.7 Å².